The molecule has 1 aromatic carbocycles. The van der Waals surface area contributed by atoms with E-state index in [9.17, 15) is 17.7 Å². The maximum atomic E-state index is 11.8. The topological polar surface area (TPSA) is 83.5 Å². The smallest absolute Gasteiger partial charge is 0.244 e. The quantitative estimate of drug-likeness (QED) is 0.790. The van der Waals surface area contributed by atoms with Gasteiger partial charge in [-0.1, -0.05) is 19.1 Å². The van der Waals surface area contributed by atoms with Crippen LogP contribution in [0.15, 0.2) is 29.2 Å². The van der Waals surface area contributed by atoms with Gasteiger partial charge < -0.3 is 5.11 Å². The van der Waals surface area contributed by atoms with Crippen LogP contribution in [0.25, 0.3) is 0 Å². The Morgan fingerprint density at radius 1 is 1.35 bits per heavy atom. The highest BCUT2D eigenvalue weighted by atomic mass is 32.2. The minimum Gasteiger partial charge on any atom is -0.507 e. The van der Waals surface area contributed by atoms with E-state index in [2.05, 4.69) is 4.72 Å². The molecule has 96 valence electrons. The normalized spacial score (nSPS) is 13.5. The van der Waals surface area contributed by atoms with Crippen molar-refractivity contribution >= 4 is 20.8 Å². The molecule has 1 rings (SSSR count). The second-order valence-corrected chi connectivity index (χ2v) is 6.90. The molecule has 0 saturated carbocycles. The fraction of sp³-hybridized carbons (Fsp3) is 0.400. The maximum absolute atomic E-state index is 11.8. The van der Waals surface area contributed by atoms with Crippen molar-refractivity contribution in [3.8, 4) is 5.75 Å². The molecule has 0 fully saturated rings. The average Bonchev–Trinajstić information content (AvgIpc) is 2.28. The molecule has 7 heteroatoms. The number of phenols is 1. The van der Waals surface area contributed by atoms with Crippen molar-refractivity contribution in [2.24, 2.45) is 0 Å². The van der Waals surface area contributed by atoms with Crippen LogP contribution in [-0.2, 0) is 20.8 Å². The predicted molar refractivity (Wildman–Crippen MR) is 66.8 cm³/mol. The lowest BCUT2D eigenvalue weighted by atomic mass is 10.3. The molecule has 0 bridgehead atoms. The fourth-order valence-corrected chi connectivity index (χ4v) is 3.07. The molecule has 0 heterocycles. The summed E-state index contributed by atoms with van der Waals surface area (Å²) in [4.78, 5) is -0.165. The van der Waals surface area contributed by atoms with Crippen LogP contribution in [-0.4, -0.2) is 35.8 Å². The summed E-state index contributed by atoms with van der Waals surface area (Å²) in [6, 6.07) is 5.69. The number of aromatic hydroxyl groups is 1. The van der Waals surface area contributed by atoms with Gasteiger partial charge in [-0.3, -0.25) is 4.21 Å². The number of sulfonamides is 1. The van der Waals surface area contributed by atoms with Crippen LogP contribution in [0.5, 0.6) is 5.75 Å². The molecule has 5 nitrogen and oxygen atoms in total. The highest BCUT2D eigenvalue weighted by molar-refractivity contribution is 7.89. The van der Waals surface area contributed by atoms with E-state index in [-0.39, 0.29) is 22.9 Å². The molecule has 1 atom stereocenters. The number of hydrogen-bond acceptors (Lipinski definition) is 4. The van der Waals surface area contributed by atoms with Gasteiger partial charge in [0.1, 0.15) is 10.6 Å². The zero-order valence-corrected chi connectivity index (χ0v) is 11.1. The van der Waals surface area contributed by atoms with Gasteiger partial charge in [-0.25, -0.2) is 13.1 Å². The van der Waals surface area contributed by atoms with E-state index in [1.807, 2.05) is 0 Å². The molecule has 1 aromatic rings. The SMILES string of the molecule is CCS(=O)CCNS(=O)(=O)c1ccccc1O. The summed E-state index contributed by atoms with van der Waals surface area (Å²) in [6.45, 7) is 1.87. The summed E-state index contributed by atoms with van der Waals surface area (Å²) >= 11 is 0. The van der Waals surface area contributed by atoms with E-state index < -0.39 is 20.8 Å². The second kappa shape index (κ2) is 6.13. The first-order chi connectivity index (χ1) is 7.97. The zero-order valence-electron chi connectivity index (χ0n) is 9.42. The van der Waals surface area contributed by atoms with E-state index in [1.165, 1.54) is 18.2 Å². The number of phenolic OH excluding ortho intramolecular Hbond substituents is 1. The monoisotopic (exact) mass is 277 g/mol. The van der Waals surface area contributed by atoms with E-state index in [0.717, 1.165) is 0 Å². The predicted octanol–water partition coefficient (Wildman–Crippen LogP) is 0.439. The minimum absolute atomic E-state index is 0.0944. The van der Waals surface area contributed by atoms with Crippen LogP contribution in [0.2, 0.25) is 0 Å². The van der Waals surface area contributed by atoms with Gasteiger partial charge in [-0.05, 0) is 12.1 Å². The average molecular weight is 277 g/mol. The molecule has 0 aliphatic rings. The Kier molecular flexibility index (Phi) is 5.10. The summed E-state index contributed by atoms with van der Waals surface area (Å²) in [7, 11) is -4.74. The third-order valence-electron chi connectivity index (χ3n) is 2.10. The summed E-state index contributed by atoms with van der Waals surface area (Å²) in [5.41, 5.74) is 0. The lowest BCUT2D eigenvalue weighted by Crippen LogP contribution is -2.28. The summed E-state index contributed by atoms with van der Waals surface area (Å²) in [6.07, 6.45) is 0. The minimum atomic E-state index is -3.73. The highest BCUT2D eigenvalue weighted by Crippen LogP contribution is 2.20. The van der Waals surface area contributed by atoms with Crippen LogP contribution in [0, 0.1) is 0 Å². The summed E-state index contributed by atoms with van der Waals surface area (Å²) in [5, 5.41) is 9.42. The van der Waals surface area contributed by atoms with Gasteiger partial charge in [-0.15, -0.1) is 0 Å². The molecule has 0 radical (unpaired) electrons. The van der Waals surface area contributed by atoms with Gasteiger partial charge >= 0.3 is 0 Å². The molecule has 2 N–H and O–H groups in total. The molecule has 0 spiro atoms. The Labute approximate surface area is 103 Å². The van der Waals surface area contributed by atoms with Crippen LogP contribution in [0.3, 0.4) is 0 Å². The van der Waals surface area contributed by atoms with Gasteiger partial charge in [0.25, 0.3) is 0 Å². The molecular formula is C10H15NO4S2. The maximum Gasteiger partial charge on any atom is 0.244 e. The van der Waals surface area contributed by atoms with Crippen LogP contribution < -0.4 is 4.72 Å². The number of hydrogen-bond donors (Lipinski definition) is 2. The van der Waals surface area contributed by atoms with Crippen LogP contribution in [0.1, 0.15) is 6.92 Å². The van der Waals surface area contributed by atoms with E-state index in [1.54, 1.807) is 13.0 Å². The number of rotatable bonds is 6. The first kappa shape index (κ1) is 14.1. The zero-order chi connectivity index (χ0) is 12.9. The number of nitrogens with one attached hydrogen (secondary N) is 1. The van der Waals surface area contributed by atoms with Crippen LogP contribution in [0.4, 0.5) is 0 Å². The number of para-hydroxylation sites is 1. The van der Waals surface area contributed by atoms with E-state index in [4.69, 9.17) is 0 Å². The van der Waals surface area contributed by atoms with E-state index >= 15 is 0 Å². The number of benzene rings is 1. The van der Waals surface area contributed by atoms with Crippen molar-refractivity contribution in [3.05, 3.63) is 24.3 Å². The second-order valence-electron chi connectivity index (χ2n) is 3.30. The third kappa shape index (κ3) is 4.10. The molecule has 1 unspecified atom stereocenters. The Bertz CT molecular complexity index is 499. The van der Waals surface area contributed by atoms with Crippen molar-refractivity contribution in [1.29, 1.82) is 0 Å². The van der Waals surface area contributed by atoms with Crippen molar-refractivity contribution in [2.75, 3.05) is 18.1 Å². The molecular weight excluding hydrogens is 262 g/mol. The van der Waals surface area contributed by atoms with Crippen molar-refractivity contribution in [2.45, 2.75) is 11.8 Å². The fourth-order valence-electron chi connectivity index (χ4n) is 1.20. The van der Waals surface area contributed by atoms with Gasteiger partial charge in [0, 0.05) is 28.9 Å². The summed E-state index contributed by atoms with van der Waals surface area (Å²) < 4.78 is 36.9. The third-order valence-corrected chi connectivity index (χ3v) is 4.91. The van der Waals surface area contributed by atoms with Crippen molar-refractivity contribution in [3.63, 3.8) is 0 Å². The Morgan fingerprint density at radius 2 is 2.00 bits per heavy atom. The highest BCUT2D eigenvalue weighted by Gasteiger charge is 2.17. The van der Waals surface area contributed by atoms with E-state index in [0.29, 0.717) is 5.75 Å². The molecule has 0 saturated heterocycles. The standard InChI is InChI=1S/C10H15NO4S2/c1-2-16(13)8-7-11-17(14,15)10-6-4-3-5-9(10)12/h3-6,11-12H,2,7-8H2,1H3. The first-order valence-electron chi connectivity index (χ1n) is 5.10. The first-order valence-corrected chi connectivity index (χ1v) is 8.07. The lowest BCUT2D eigenvalue weighted by molar-refractivity contribution is 0.458. The Morgan fingerprint density at radius 3 is 2.59 bits per heavy atom. The van der Waals surface area contributed by atoms with Gasteiger partial charge in [0.05, 0.1) is 0 Å². The van der Waals surface area contributed by atoms with Crippen LogP contribution >= 0.6 is 0 Å². The molecule has 0 aliphatic heterocycles. The molecule has 0 aliphatic carbocycles. The Hall–Kier alpha value is -0.920. The molecule has 17 heavy (non-hydrogen) atoms. The molecule has 0 amide bonds. The van der Waals surface area contributed by atoms with Gasteiger partial charge in [0.15, 0.2) is 0 Å². The molecule has 0 aromatic heterocycles. The van der Waals surface area contributed by atoms with Crippen molar-refractivity contribution in [1.82, 2.24) is 4.72 Å². The lowest BCUT2D eigenvalue weighted by Gasteiger charge is -2.07. The largest absolute Gasteiger partial charge is 0.507 e. The van der Waals surface area contributed by atoms with Gasteiger partial charge in [-0.2, -0.15) is 0 Å². The summed E-state index contributed by atoms with van der Waals surface area (Å²) in [5.74, 6) is 0.471. The van der Waals surface area contributed by atoms with Crippen molar-refractivity contribution < 1.29 is 17.7 Å². The Balaban J connectivity index is 2.70. The van der Waals surface area contributed by atoms with Gasteiger partial charge in [0.2, 0.25) is 10.0 Å².